The molecule has 1 saturated heterocycles. The molecule has 3 aromatic rings. The summed E-state index contributed by atoms with van der Waals surface area (Å²) in [5.41, 5.74) is 11.8. The van der Waals surface area contributed by atoms with E-state index in [0.717, 1.165) is 23.0 Å². The number of anilines is 2. The summed E-state index contributed by atoms with van der Waals surface area (Å²) in [6.45, 7) is 8.22. The van der Waals surface area contributed by atoms with Gasteiger partial charge in [-0.05, 0) is 38.8 Å². The molecule has 40 heavy (non-hydrogen) atoms. The largest absolute Gasteiger partial charge is 0.398 e. The Bertz CT molecular complexity index is 1740. The highest BCUT2D eigenvalue weighted by Gasteiger charge is 2.28. The highest BCUT2D eigenvalue weighted by atomic mass is 32.2. The Morgan fingerprint density at radius 1 is 1.23 bits per heavy atom. The van der Waals surface area contributed by atoms with Crippen LogP contribution in [0.3, 0.4) is 0 Å². The third kappa shape index (κ3) is 5.39. The number of carbonyl (C=O) groups excluding carboxylic acids is 1. The molecule has 12 nitrogen and oxygen atoms in total. The van der Waals surface area contributed by atoms with Crippen LogP contribution in [-0.4, -0.2) is 57.8 Å². The third-order valence-corrected chi connectivity index (χ3v) is 8.68. The van der Waals surface area contributed by atoms with E-state index in [4.69, 9.17) is 16.5 Å². The molecule has 0 amide bonds. The number of ketones is 1. The number of Topliss-reactive ketones (excluding diaryl/α,β-unsaturated/α-hetero) is 1. The lowest BCUT2D eigenvalue weighted by atomic mass is 10.1. The van der Waals surface area contributed by atoms with Crippen molar-refractivity contribution in [3.63, 3.8) is 0 Å². The van der Waals surface area contributed by atoms with Gasteiger partial charge in [-0.2, -0.15) is 4.98 Å². The number of carbonyl (C=O) groups is 1. The minimum absolute atomic E-state index is 0.0477. The molecular formula is C27H35N7O5S. The lowest BCUT2D eigenvalue weighted by Crippen LogP contribution is -2.44. The van der Waals surface area contributed by atoms with Gasteiger partial charge in [0.2, 0.25) is 5.95 Å². The van der Waals surface area contributed by atoms with Gasteiger partial charge in [0.1, 0.15) is 4.90 Å². The van der Waals surface area contributed by atoms with Crippen LogP contribution in [0.5, 0.6) is 0 Å². The van der Waals surface area contributed by atoms with Gasteiger partial charge in [-0.3, -0.25) is 18.7 Å². The number of nitrogens with two attached hydrogens (primary N) is 2. The van der Waals surface area contributed by atoms with Crippen molar-refractivity contribution in [3.8, 4) is 0 Å². The number of rotatable bonds is 9. The number of imidazole rings is 1. The lowest BCUT2D eigenvalue weighted by Gasteiger charge is -2.31. The molecule has 214 valence electrons. The van der Waals surface area contributed by atoms with Gasteiger partial charge in [0, 0.05) is 38.3 Å². The van der Waals surface area contributed by atoms with E-state index in [1.165, 1.54) is 35.9 Å². The number of sulfone groups is 1. The van der Waals surface area contributed by atoms with Crippen LogP contribution in [0.2, 0.25) is 0 Å². The average Bonchev–Trinajstić information content (AvgIpc) is 3.28. The molecule has 0 aliphatic carbocycles. The Hall–Kier alpha value is -3.97. The summed E-state index contributed by atoms with van der Waals surface area (Å²) < 4.78 is 29.5. The first-order valence-electron chi connectivity index (χ1n) is 13.0. The zero-order valence-electron chi connectivity index (χ0n) is 23.0. The number of hydrogen-bond acceptors (Lipinski definition) is 9. The summed E-state index contributed by atoms with van der Waals surface area (Å²) in [6.07, 6.45) is 4.89. The molecule has 0 spiro atoms. The fourth-order valence-electron chi connectivity index (χ4n) is 4.97. The van der Waals surface area contributed by atoms with Crippen LogP contribution >= 0.6 is 0 Å². The second-order valence-electron chi connectivity index (χ2n) is 10.3. The number of piperidine rings is 1. The minimum atomic E-state index is -3.98. The number of benzene rings is 1. The molecule has 13 heteroatoms. The molecule has 0 saturated carbocycles. The maximum absolute atomic E-state index is 13.9. The van der Waals surface area contributed by atoms with Gasteiger partial charge in [0.15, 0.2) is 26.8 Å². The first-order chi connectivity index (χ1) is 18.9. The fraction of sp³-hybridized carbons (Fsp3) is 0.407. The van der Waals surface area contributed by atoms with Crippen molar-refractivity contribution in [2.45, 2.75) is 50.7 Å². The summed E-state index contributed by atoms with van der Waals surface area (Å²) >= 11 is 0. The summed E-state index contributed by atoms with van der Waals surface area (Å²) in [5, 5.41) is 0. The van der Waals surface area contributed by atoms with Crippen molar-refractivity contribution in [1.29, 1.82) is 0 Å². The van der Waals surface area contributed by atoms with Gasteiger partial charge in [0.05, 0.1) is 18.0 Å². The zero-order valence-corrected chi connectivity index (χ0v) is 23.8. The molecule has 3 heterocycles. The lowest BCUT2D eigenvalue weighted by molar-refractivity contribution is 0.0965. The van der Waals surface area contributed by atoms with Crippen molar-refractivity contribution in [3.05, 3.63) is 68.9 Å². The van der Waals surface area contributed by atoms with Crippen molar-refractivity contribution in [2.24, 2.45) is 12.8 Å². The van der Waals surface area contributed by atoms with E-state index in [0.29, 0.717) is 25.6 Å². The van der Waals surface area contributed by atoms with Crippen molar-refractivity contribution < 1.29 is 13.2 Å². The highest BCUT2D eigenvalue weighted by molar-refractivity contribution is 7.91. The number of aromatic nitrogens is 4. The number of aryl methyl sites for hydroxylation is 1. The fourth-order valence-corrected chi connectivity index (χ4v) is 6.39. The van der Waals surface area contributed by atoms with E-state index in [1.54, 1.807) is 4.57 Å². The highest BCUT2D eigenvalue weighted by Crippen LogP contribution is 2.26. The van der Waals surface area contributed by atoms with Gasteiger partial charge in [-0.25, -0.2) is 13.2 Å². The summed E-state index contributed by atoms with van der Waals surface area (Å²) in [6, 6.07) is 4.09. The number of hydrogen-bond donors (Lipinski definition) is 2. The molecule has 0 radical (unpaired) electrons. The van der Waals surface area contributed by atoms with Crippen LogP contribution in [0.25, 0.3) is 11.2 Å². The van der Waals surface area contributed by atoms with E-state index in [-0.39, 0.29) is 33.4 Å². The first-order valence-corrected chi connectivity index (χ1v) is 14.6. The second kappa shape index (κ2) is 11.3. The second-order valence-corrected chi connectivity index (χ2v) is 12.2. The number of nitrogen functional groups attached to an aromatic ring is 1. The van der Waals surface area contributed by atoms with Crippen LogP contribution in [0.4, 0.5) is 11.6 Å². The van der Waals surface area contributed by atoms with Gasteiger partial charge in [-0.15, -0.1) is 6.58 Å². The van der Waals surface area contributed by atoms with Gasteiger partial charge >= 0.3 is 5.69 Å². The summed E-state index contributed by atoms with van der Waals surface area (Å²) in [7, 11) is -2.50. The molecule has 1 fully saturated rings. The van der Waals surface area contributed by atoms with E-state index in [2.05, 4.69) is 6.58 Å². The Morgan fingerprint density at radius 2 is 1.95 bits per heavy atom. The van der Waals surface area contributed by atoms with Crippen molar-refractivity contribution in [2.75, 3.05) is 29.5 Å². The first kappa shape index (κ1) is 29.0. The normalized spacial score (nSPS) is 15.8. The predicted octanol–water partition coefficient (Wildman–Crippen LogP) is 1.22. The maximum Gasteiger partial charge on any atom is 0.332 e. The Morgan fingerprint density at radius 3 is 2.60 bits per heavy atom. The number of nitrogens with zero attached hydrogens (tertiary/aromatic N) is 5. The van der Waals surface area contributed by atoms with Crippen LogP contribution in [0.15, 0.2) is 57.0 Å². The van der Waals surface area contributed by atoms with E-state index < -0.39 is 39.2 Å². The predicted molar refractivity (Wildman–Crippen MR) is 156 cm³/mol. The van der Waals surface area contributed by atoms with Crippen LogP contribution in [-0.2, 0) is 30.0 Å². The third-order valence-electron chi connectivity index (χ3n) is 6.93. The van der Waals surface area contributed by atoms with Crippen LogP contribution < -0.4 is 27.6 Å². The summed E-state index contributed by atoms with van der Waals surface area (Å²) in [4.78, 5) is 47.0. The zero-order chi connectivity index (χ0) is 29.4. The molecule has 1 aromatic carbocycles. The Balaban J connectivity index is 1.89. The SMILES string of the molecule is C=CCS(=O)(=O)c1c(N)cccc1C(=O)Cn1c(=O)c2c(nc(N3CCCC(N)C3)n2CC=C(C)C)n(C)c1=O. The Kier molecular flexibility index (Phi) is 8.17. The molecule has 1 aliphatic rings. The molecule has 1 aliphatic heterocycles. The molecule has 4 N–H and O–H groups in total. The number of allylic oxidation sites excluding steroid dienone is 2. The smallest absolute Gasteiger partial charge is 0.332 e. The van der Waals surface area contributed by atoms with Gasteiger partial charge in [0.25, 0.3) is 5.56 Å². The molecule has 4 rings (SSSR count). The quantitative estimate of drug-likeness (QED) is 0.219. The minimum Gasteiger partial charge on any atom is -0.398 e. The van der Waals surface area contributed by atoms with Crippen LogP contribution in [0.1, 0.15) is 37.0 Å². The van der Waals surface area contributed by atoms with E-state index >= 15 is 0 Å². The van der Waals surface area contributed by atoms with Gasteiger partial charge in [-0.1, -0.05) is 23.8 Å². The Labute approximate surface area is 232 Å². The van der Waals surface area contributed by atoms with Crippen molar-refractivity contribution in [1.82, 2.24) is 18.7 Å². The molecular weight excluding hydrogens is 534 g/mol. The molecule has 1 atom stereocenters. The molecule has 0 bridgehead atoms. The van der Waals surface area contributed by atoms with E-state index in [9.17, 15) is 22.8 Å². The van der Waals surface area contributed by atoms with Crippen molar-refractivity contribution >= 4 is 38.4 Å². The number of fused-ring (bicyclic) bond motifs is 1. The molecule has 1 unspecified atom stereocenters. The maximum atomic E-state index is 13.9. The average molecular weight is 570 g/mol. The molecule has 2 aromatic heterocycles. The standard InChI is InChI=1S/C27H35N7O5S/c1-5-14-40(38,39)23-19(9-6-10-20(23)29)21(35)16-34-25(36)22-24(31(4)27(34)37)30-26(33(22)13-11-17(2)3)32-12-7-8-18(28)15-32/h5-6,9-11,18H,1,7-8,12-16,28-29H2,2-4H3. The van der Waals surface area contributed by atoms with E-state index in [1.807, 2.05) is 24.8 Å². The monoisotopic (exact) mass is 569 g/mol. The summed E-state index contributed by atoms with van der Waals surface area (Å²) in [5.74, 6) is -0.652. The topological polar surface area (TPSA) is 168 Å². The van der Waals surface area contributed by atoms with Crippen LogP contribution in [0, 0.1) is 0 Å². The van der Waals surface area contributed by atoms with Gasteiger partial charge < -0.3 is 20.9 Å².